The molecule has 0 aliphatic carbocycles. The van der Waals surface area contributed by atoms with Crippen molar-refractivity contribution in [2.24, 2.45) is 5.92 Å². The normalized spacial score (nSPS) is 20.6. The number of sulfone groups is 1. The highest BCUT2D eigenvalue weighted by Crippen LogP contribution is 2.13. The topological polar surface area (TPSA) is 92.3 Å². The number of hydrogen-bond acceptors (Lipinski definition) is 4. The predicted molar refractivity (Wildman–Crippen MR) is 92.5 cm³/mol. The van der Waals surface area contributed by atoms with E-state index in [4.69, 9.17) is 0 Å². The lowest BCUT2D eigenvalue weighted by atomic mass is 10.0. The van der Waals surface area contributed by atoms with E-state index in [1.807, 2.05) is 32.9 Å². The van der Waals surface area contributed by atoms with E-state index in [1.54, 1.807) is 12.1 Å². The minimum atomic E-state index is -3.06. The summed E-state index contributed by atoms with van der Waals surface area (Å²) in [6.45, 7) is 5.61. The van der Waals surface area contributed by atoms with Crippen molar-refractivity contribution >= 4 is 21.7 Å². The summed E-state index contributed by atoms with van der Waals surface area (Å²) in [7, 11) is -3.06. The molecule has 1 fully saturated rings. The number of carbonyl (C=O) groups excluding carboxylic acids is 2. The van der Waals surface area contributed by atoms with Crippen LogP contribution in [0, 0.1) is 12.8 Å². The standard InChI is InChI=1S/C17H24N2O4S/c1-11(2)15(17(21)18-14-8-9-24(22,23)10-14)19-16(20)13-6-4-12(3)5-7-13/h4-7,11,14-15H,8-10H2,1-3H3,(H,18,21)(H,19,20). The number of aryl methyl sites for hydroxylation is 1. The highest BCUT2D eigenvalue weighted by Gasteiger charge is 2.32. The molecule has 1 aliphatic rings. The van der Waals surface area contributed by atoms with Crippen molar-refractivity contribution in [3.8, 4) is 0 Å². The third-order valence-electron chi connectivity index (χ3n) is 4.13. The quantitative estimate of drug-likeness (QED) is 0.828. The summed E-state index contributed by atoms with van der Waals surface area (Å²) in [5.74, 6) is -0.706. The van der Waals surface area contributed by atoms with Crippen LogP contribution >= 0.6 is 0 Å². The monoisotopic (exact) mass is 352 g/mol. The molecule has 132 valence electrons. The Morgan fingerprint density at radius 1 is 1.17 bits per heavy atom. The zero-order valence-electron chi connectivity index (χ0n) is 14.2. The summed E-state index contributed by atoms with van der Waals surface area (Å²) in [6.07, 6.45) is 0.421. The summed E-state index contributed by atoms with van der Waals surface area (Å²) >= 11 is 0. The second-order valence-electron chi connectivity index (χ2n) is 6.67. The molecular weight excluding hydrogens is 328 g/mol. The lowest BCUT2D eigenvalue weighted by molar-refractivity contribution is -0.124. The molecule has 0 saturated carbocycles. The number of benzene rings is 1. The Hall–Kier alpha value is -1.89. The summed E-state index contributed by atoms with van der Waals surface area (Å²) in [5, 5.41) is 5.50. The second kappa shape index (κ2) is 7.34. The van der Waals surface area contributed by atoms with Crippen LogP contribution in [-0.2, 0) is 14.6 Å². The third-order valence-corrected chi connectivity index (χ3v) is 5.90. The first-order chi connectivity index (χ1) is 11.2. The van der Waals surface area contributed by atoms with Gasteiger partial charge in [0.2, 0.25) is 5.91 Å². The summed E-state index contributed by atoms with van der Waals surface area (Å²) in [5.41, 5.74) is 1.54. The van der Waals surface area contributed by atoms with E-state index in [9.17, 15) is 18.0 Å². The molecule has 2 unspecified atom stereocenters. The number of amides is 2. The SMILES string of the molecule is Cc1ccc(C(=O)NC(C(=O)NC2CCS(=O)(=O)C2)C(C)C)cc1. The highest BCUT2D eigenvalue weighted by molar-refractivity contribution is 7.91. The third kappa shape index (κ3) is 4.80. The maximum Gasteiger partial charge on any atom is 0.251 e. The van der Waals surface area contributed by atoms with Crippen molar-refractivity contribution in [3.05, 3.63) is 35.4 Å². The van der Waals surface area contributed by atoms with Crippen molar-refractivity contribution in [3.63, 3.8) is 0 Å². The Morgan fingerprint density at radius 3 is 2.29 bits per heavy atom. The average Bonchev–Trinajstić information content (AvgIpc) is 2.83. The van der Waals surface area contributed by atoms with E-state index in [1.165, 1.54) is 0 Å². The first-order valence-corrected chi connectivity index (χ1v) is 9.88. The molecule has 24 heavy (non-hydrogen) atoms. The fourth-order valence-corrected chi connectivity index (χ4v) is 4.34. The van der Waals surface area contributed by atoms with Crippen LogP contribution in [0.2, 0.25) is 0 Å². The zero-order chi connectivity index (χ0) is 17.9. The van der Waals surface area contributed by atoms with Gasteiger partial charge in [-0.1, -0.05) is 31.5 Å². The van der Waals surface area contributed by atoms with Crippen molar-refractivity contribution < 1.29 is 18.0 Å². The molecule has 1 saturated heterocycles. The molecule has 0 spiro atoms. The van der Waals surface area contributed by atoms with Gasteiger partial charge >= 0.3 is 0 Å². The number of hydrogen-bond donors (Lipinski definition) is 2. The first kappa shape index (κ1) is 18.4. The molecule has 2 rings (SSSR count). The van der Waals surface area contributed by atoms with Crippen LogP contribution in [0.1, 0.15) is 36.2 Å². The van der Waals surface area contributed by atoms with Crippen molar-refractivity contribution in [2.45, 2.75) is 39.3 Å². The molecular formula is C17H24N2O4S. The van der Waals surface area contributed by atoms with E-state index in [0.717, 1.165) is 5.56 Å². The van der Waals surface area contributed by atoms with E-state index in [0.29, 0.717) is 12.0 Å². The molecule has 0 bridgehead atoms. The lowest BCUT2D eigenvalue weighted by Crippen LogP contribution is -2.52. The van der Waals surface area contributed by atoms with E-state index < -0.39 is 15.9 Å². The molecule has 2 atom stereocenters. The van der Waals surface area contributed by atoms with Gasteiger partial charge in [0.1, 0.15) is 6.04 Å². The van der Waals surface area contributed by atoms with Gasteiger partial charge in [0.25, 0.3) is 5.91 Å². The maximum atomic E-state index is 12.5. The van der Waals surface area contributed by atoms with Gasteiger partial charge in [-0.3, -0.25) is 9.59 Å². The average molecular weight is 352 g/mol. The van der Waals surface area contributed by atoms with Gasteiger partial charge in [-0.05, 0) is 31.4 Å². The molecule has 2 N–H and O–H groups in total. The summed E-state index contributed by atoms with van der Waals surface area (Å²) < 4.78 is 23.0. The molecule has 1 aromatic carbocycles. The van der Waals surface area contributed by atoms with Crippen molar-refractivity contribution in [1.29, 1.82) is 0 Å². The summed E-state index contributed by atoms with van der Waals surface area (Å²) in [4.78, 5) is 24.8. The zero-order valence-corrected chi connectivity index (χ0v) is 15.0. The molecule has 1 aromatic rings. The fraction of sp³-hybridized carbons (Fsp3) is 0.529. The number of nitrogens with one attached hydrogen (secondary N) is 2. The van der Waals surface area contributed by atoms with E-state index >= 15 is 0 Å². The molecule has 7 heteroatoms. The van der Waals surface area contributed by atoms with E-state index in [2.05, 4.69) is 10.6 Å². The second-order valence-corrected chi connectivity index (χ2v) is 8.90. The van der Waals surface area contributed by atoms with Gasteiger partial charge < -0.3 is 10.6 Å². The highest BCUT2D eigenvalue weighted by atomic mass is 32.2. The van der Waals surface area contributed by atoms with Gasteiger partial charge in [0.05, 0.1) is 11.5 Å². The Balaban J connectivity index is 2.02. The van der Waals surface area contributed by atoms with Gasteiger partial charge in [0, 0.05) is 11.6 Å². The summed E-state index contributed by atoms with van der Waals surface area (Å²) in [6, 6.07) is 6.01. The van der Waals surface area contributed by atoms with Crippen LogP contribution < -0.4 is 10.6 Å². The van der Waals surface area contributed by atoms with Gasteiger partial charge in [-0.25, -0.2) is 8.42 Å². The van der Waals surface area contributed by atoms with E-state index in [-0.39, 0.29) is 35.3 Å². The van der Waals surface area contributed by atoms with Gasteiger partial charge in [-0.15, -0.1) is 0 Å². The predicted octanol–water partition coefficient (Wildman–Crippen LogP) is 1.05. The molecule has 0 aromatic heterocycles. The van der Waals surface area contributed by atoms with Crippen molar-refractivity contribution in [2.75, 3.05) is 11.5 Å². The number of rotatable bonds is 5. The Morgan fingerprint density at radius 2 is 1.79 bits per heavy atom. The smallest absolute Gasteiger partial charge is 0.251 e. The van der Waals surface area contributed by atoms with Crippen LogP contribution in [0.5, 0.6) is 0 Å². The number of carbonyl (C=O) groups is 2. The molecule has 2 amide bonds. The Bertz CT molecular complexity index is 711. The first-order valence-electron chi connectivity index (χ1n) is 8.06. The van der Waals surface area contributed by atoms with Gasteiger partial charge in [-0.2, -0.15) is 0 Å². The molecule has 0 radical (unpaired) electrons. The minimum absolute atomic E-state index is 0.0323. The lowest BCUT2D eigenvalue weighted by Gasteiger charge is -2.23. The maximum absolute atomic E-state index is 12.5. The molecule has 1 aliphatic heterocycles. The van der Waals surface area contributed by atoms with Gasteiger partial charge in [0.15, 0.2) is 9.84 Å². The van der Waals surface area contributed by atoms with Crippen LogP contribution in [-0.4, -0.2) is 43.8 Å². The molecule has 6 nitrogen and oxygen atoms in total. The van der Waals surface area contributed by atoms with Crippen LogP contribution in [0.25, 0.3) is 0 Å². The van der Waals surface area contributed by atoms with Crippen LogP contribution in [0.15, 0.2) is 24.3 Å². The largest absolute Gasteiger partial charge is 0.351 e. The van der Waals surface area contributed by atoms with Crippen LogP contribution in [0.3, 0.4) is 0 Å². The Labute approximate surface area is 142 Å². The molecule has 1 heterocycles. The fourth-order valence-electron chi connectivity index (χ4n) is 2.66. The Kier molecular flexibility index (Phi) is 5.64. The minimum Gasteiger partial charge on any atom is -0.351 e. The van der Waals surface area contributed by atoms with Crippen molar-refractivity contribution in [1.82, 2.24) is 10.6 Å². The van der Waals surface area contributed by atoms with Crippen LogP contribution in [0.4, 0.5) is 0 Å².